The van der Waals surface area contributed by atoms with Gasteiger partial charge in [0.1, 0.15) is 28.4 Å². The molecule has 0 saturated carbocycles. The van der Waals surface area contributed by atoms with Crippen molar-refractivity contribution in [3.8, 4) is 11.5 Å². The molecule has 1 saturated heterocycles. The van der Waals surface area contributed by atoms with Crippen molar-refractivity contribution in [1.82, 2.24) is 4.90 Å². The summed E-state index contributed by atoms with van der Waals surface area (Å²) in [5.74, 6) is 4.11. The highest BCUT2D eigenvalue weighted by Crippen LogP contribution is 2.40. The number of furan rings is 1. The number of ether oxygens (including phenoxy) is 2. The van der Waals surface area contributed by atoms with Crippen molar-refractivity contribution in [2.45, 2.75) is 32.2 Å². The van der Waals surface area contributed by atoms with Gasteiger partial charge < -0.3 is 18.8 Å². The molecule has 1 aromatic heterocycles. The van der Waals surface area contributed by atoms with Gasteiger partial charge in [0.25, 0.3) is 0 Å². The van der Waals surface area contributed by atoms with Gasteiger partial charge in [-0.15, -0.1) is 11.8 Å². The average molecular weight is 361 g/mol. The number of nitrogens with zero attached hydrogens (tertiary/aromatic N) is 1. The third kappa shape index (κ3) is 3.79. The summed E-state index contributed by atoms with van der Waals surface area (Å²) < 4.78 is 16.6. The number of hydrogen-bond acceptors (Lipinski definition) is 5. The van der Waals surface area contributed by atoms with Crippen LogP contribution in [0.5, 0.6) is 11.5 Å². The maximum Gasteiger partial charge on any atom is 0.224 e. The van der Waals surface area contributed by atoms with Crippen LogP contribution in [-0.4, -0.2) is 30.8 Å². The van der Waals surface area contributed by atoms with Crippen LogP contribution in [0.2, 0.25) is 0 Å². The van der Waals surface area contributed by atoms with Crippen LogP contribution in [0.25, 0.3) is 0 Å². The molecule has 3 rings (SSSR count). The monoisotopic (exact) mass is 361 g/mol. The Kier molecular flexibility index (Phi) is 5.27. The van der Waals surface area contributed by atoms with E-state index in [1.165, 1.54) is 0 Å². The topological polar surface area (TPSA) is 51.9 Å². The molecule has 0 bridgehead atoms. The second kappa shape index (κ2) is 7.44. The molecule has 0 radical (unpaired) electrons. The van der Waals surface area contributed by atoms with Gasteiger partial charge in [0, 0.05) is 24.8 Å². The molecular weight excluding hydrogens is 338 g/mol. The summed E-state index contributed by atoms with van der Waals surface area (Å²) in [6.07, 6.45) is 0.543. The lowest BCUT2D eigenvalue weighted by Gasteiger charge is -2.34. The van der Waals surface area contributed by atoms with Gasteiger partial charge in [0.2, 0.25) is 5.91 Å². The molecule has 134 valence electrons. The highest BCUT2D eigenvalue weighted by atomic mass is 32.2. The molecule has 6 heteroatoms. The summed E-state index contributed by atoms with van der Waals surface area (Å²) in [4.78, 5) is 14.5. The molecule has 0 spiro atoms. The van der Waals surface area contributed by atoms with Gasteiger partial charge in [-0.25, -0.2) is 0 Å². The fourth-order valence-corrected chi connectivity index (χ4v) is 4.08. The van der Waals surface area contributed by atoms with E-state index in [1.807, 2.05) is 43.0 Å². The molecule has 1 amide bonds. The van der Waals surface area contributed by atoms with Gasteiger partial charge >= 0.3 is 0 Å². The molecule has 0 aliphatic carbocycles. The first-order valence-electron chi connectivity index (χ1n) is 8.21. The first-order valence-corrected chi connectivity index (χ1v) is 9.26. The number of amides is 1. The minimum atomic E-state index is -0.106. The van der Waals surface area contributed by atoms with E-state index in [-0.39, 0.29) is 11.3 Å². The maximum atomic E-state index is 12.6. The van der Waals surface area contributed by atoms with Crippen LogP contribution in [0, 0.1) is 13.8 Å². The summed E-state index contributed by atoms with van der Waals surface area (Å²) >= 11 is 1.74. The van der Waals surface area contributed by atoms with Gasteiger partial charge in [-0.3, -0.25) is 4.79 Å². The molecule has 1 atom stereocenters. The summed E-state index contributed by atoms with van der Waals surface area (Å²) in [5.41, 5.74) is 2.08. The Morgan fingerprint density at radius 1 is 1.16 bits per heavy atom. The van der Waals surface area contributed by atoms with E-state index in [1.54, 1.807) is 26.0 Å². The predicted molar refractivity (Wildman–Crippen MR) is 98.1 cm³/mol. The average Bonchev–Trinajstić information content (AvgIpc) is 2.95. The summed E-state index contributed by atoms with van der Waals surface area (Å²) in [5, 5.41) is -0.106. The van der Waals surface area contributed by atoms with Crippen molar-refractivity contribution in [2.24, 2.45) is 0 Å². The smallest absolute Gasteiger partial charge is 0.224 e. The number of thioether (sulfide) groups is 1. The second-order valence-corrected chi connectivity index (χ2v) is 7.29. The van der Waals surface area contributed by atoms with Crippen molar-refractivity contribution in [3.05, 3.63) is 46.9 Å². The van der Waals surface area contributed by atoms with Crippen molar-refractivity contribution < 1.29 is 18.7 Å². The van der Waals surface area contributed by atoms with E-state index in [0.717, 1.165) is 28.4 Å². The van der Waals surface area contributed by atoms with E-state index < -0.39 is 0 Å². The lowest BCUT2D eigenvalue weighted by molar-refractivity contribution is -0.133. The normalized spacial score (nSPS) is 17.7. The van der Waals surface area contributed by atoms with Crippen LogP contribution >= 0.6 is 11.8 Å². The minimum absolute atomic E-state index is 0.106. The van der Waals surface area contributed by atoms with Gasteiger partial charge in [-0.1, -0.05) is 0 Å². The first-order chi connectivity index (χ1) is 12.0. The quantitative estimate of drug-likeness (QED) is 0.803. The highest BCUT2D eigenvalue weighted by molar-refractivity contribution is 7.99. The second-order valence-electron chi connectivity index (χ2n) is 6.10. The Bertz CT molecular complexity index is 729. The Morgan fingerprint density at radius 2 is 1.84 bits per heavy atom. The fraction of sp³-hybridized carbons (Fsp3) is 0.421. The Morgan fingerprint density at radius 3 is 2.40 bits per heavy atom. The molecule has 2 heterocycles. The molecule has 1 unspecified atom stereocenters. The van der Waals surface area contributed by atoms with Crippen LogP contribution < -0.4 is 9.47 Å². The Labute approximate surface area is 152 Å². The van der Waals surface area contributed by atoms with E-state index in [9.17, 15) is 4.79 Å². The third-order valence-corrected chi connectivity index (χ3v) is 5.63. The molecule has 1 aliphatic rings. The van der Waals surface area contributed by atoms with E-state index >= 15 is 0 Å². The molecular formula is C19H23NO4S. The van der Waals surface area contributed by atoms with Crippen LogP contribution in [0.1, 0.15) is 34.4 Å². The van der Waals surface area contributed by atoms with E-state index in [4.69, 9.17) is 13.9 Å². The Hall–Kier alpha value is -2.08. The number of rotatable bonds is 5. The standard InChI is InChI=1S/C19H23NO4S/c1-12-7-17(24-13(12)2)19-20(18(21)5-6-25-19)11-14-8-15(22-3)10-16(9-14)23-4/h7-10,19H,5-6,11H2,1-4H3. The van der Waals surface area contributed by atoms with Gasteiger partial charge in [-0.05, 0) is 43.2 Å². The number of aryl methyl sites for hydroxylation is 2. The zero-order valence-electron chi connectivity index (χ0n) is 15.0. The maximum absolute atomic E-state index is 12.6. The fourth-order valence-electron chi connectivity index (χ4n) is 2.91. The lowest BCUT2D eigenvalue weighted by atomic mass is 10.1. The van der Waals surface area contributed by atoms with Crippen LogP contribution in [-0.2, 0) is 11.3 Å². The van der Waals surface area contributed by atoms with Crippen molar-refractivity contribution >= 4 is 17.7 Å². The molecule has 1 fully saturated rings. The first kappa shape index (κ1) is 17.7. The highest BCUT2D eigenvalue weighted by Gasteiger charge is 2.32. The largest absolute Gasteiger partial charge is 0.497 e. The van der Waals surface area contributed by atoms with E-state index in [2.05, 4.69) is 0 Å². The summed E-state index contributed by atoms with van der Waals surface area (Å²) in [7, 11) is 3.25. The van der Waals surface area contributed by atoms with Crippen LogP contribution in [0.3, 0.4) is 0 Å². The van der Waals surface area contributed by atoms with Gasteiger partial charge in [-0.2, -0.15) is 0 Å². The zero-order valence-corrected chi connectivity index (χ0v) is 15.8. The molecule has 25 heavy (non-hydrogen) atoms. The molecule has 1 aliphatic heterocycles. The molecule has 5 nitrogen and oxygen atoms in total. The number of carbonyl (C=O) groups excluding carboxylic acids is 1. The number of methoxy groups -OCH3 is 2. The SMILES string of the molecule is COc1cc(CN2C(=O)CCSC2c2cc(C)c(C)o2)cc(OC)c1. The van der Waals surface area contributed by atoms with Gasteiger partial charge in [0.15, 0.2) is 0 Å². The van der Waals surface area contributed by atoms with Crippen LogP contribution in [0.4, 0.5) is 0 Å². The minimum Gasteiger partial charge on any atom is -0.497 e. The summed E-state index contributed by atoms with van der Waals surface area (Å²) in [6.45, 7) is 4.46. The predicted octanol–water partition coefficient (Wildman–Crippen LogP) is 4.08. The number of carbonyl (C=O) groups is 1. The number of benzene rings is 1. The van der Waals surface area contributed by atoms with Crippen LogP contribution in [0.15, 0.2) is 28.7 Å². The molecule has 1 aromatic carbocycles. The van der Waals surface area contributed by atoms with E-state index in [0.29, 0.717) is 24.5 Å². The zero-order chi connectivity index (χ0) is 18.0. The van der Waals surface area contributed by atoms with Crippen molar-refractivity contribution in [3.63, 3.8) is 0 Å². The number of hydrogen-bond donors (Lipinski definition) is 0. The summed E-state index contributed by atoms with van der Waals surface area (Å²) in [6, 6.07) is 7.73. The molecule has 2 aromatic rings. The van der Waals surface area contributed by atoms with Crippen molar-refractivity contribution in [2.75, 3.05) is 20.0 Å². The Balaban J connectivity index is 1.90. The lowest BCUT2D eigenvalue weighted by Crippen LogP contribution is -2.36. The van der Waals surface area contributed by atoms with Gasteiger partial charge in [0.05, 0.1) is 14.2 Å². The third-order valence-electron chi connectivity index (χ3n) is 4.39. The van der Waals surface area contributed by atoms with Crippen molar-refractivity contribution in [1.29, 1.82) is 0 Å². The molecule has 0 N–H and O–H groups in total.